The van der Waals surface area contributed by atoms with Crippen LogP contribution in [0.2, 0.25) is 0 Å². The normalized spacial score (nSPS) is 10.2. The summed E-state index contributed by atoms with van der Waals surface area (Å²) in [5, 5.41) is 0. The number of hydrogen-bond donors (Lipinski definition) is 0. The van der Waals surface area contributed by atoms with Crippen molar-refractivity contribution in [2.24, 2.45) is 4.99 Å². The first kappa shape index (κ1) is 8.45. The maximum Gasteiger partial charge on any atom is 0.0617 e. The maximum atomic E-state index is 4.14. The van der Waals surface area contributed by atoms with E-state index in [9.17, 15) is 0 Å². The molecule has 0 aliphatic carbocycles. The molecular weight excluding hydrogens is 110 g/mol. The molecule has 9 heavy (non-hydrogen) atoms. The number of aliphatic imine (C=N–C) groups is 1. The standard InChI is InChI=1S/C8H15N/c1-5-6-7-9-8(2,3)4/h6H,5H2,1-4H3. The van der Waals surface area contributed by atoms with Crippen LogP contribution in [-0.2, 0) is 0 Å². The highest BCUT2D eigenvalue weighted by atomic mass is 14.8. The van der Waals surface area contributed by atoms with E-state index in [1.807, 2.05) is 6.08 Å². The topological polar surface area (TPSA) is 12.4 Å². The minimum atomic E-state index is 0.0334. The maximum absolute atomic E-state index is 4.14. The predicted molar refractivity (Wildman–Crippen MR) is 42.0 cm³/mol. The van der Waals surface area contributed by atoms with Crippen molar-refractivity contribution in [2.75, 3.05) is 0 Å². The van der Waals surface area contributed by atoms with Gasteiger partial charge < -0.3 is 0 Å². The second-order valence-corrected chi connectivity index (χ2v) is 3.02. The molecule has 0 aromatic carbocycles. The Morgan fingerprint density at radius 1 is 1.44 bits per heavy atom. The summed E-state index contributed by atoms with van der Waals surface area (Å²) in [6.07, 6.45) is 2.95. The van der Waals surface area contributed by atoms with Gasteiger partial charge in [0.25, 0.3) is 0 Å². The Bertz CT molecular complexity index is 122. The number of hydrogen-bond acceptors (Lipinski definition) is 1. The number of nitrogens with zero attached hydrogens (tertiary/aromatic N) is 1. The molecule has 0 saturated carbocycles. The molecule has 0 unspecified atom stereocenters. The SMILES string of the molecule is CCC=C=NC(C)(C)C. The molecule has 0 heterocycles. The lowest BCUT2D eigenvalue weighted by molar-refractivity contribution is 0.587. The lowest BCUT2D eigenvalue weighted by Crippen LogP contribution is -2.07. The average molecular weight is 125 g/mol. The van der Waals surface area contributed by atoms with Crippen LogP contribution in [0.5, 0.6) is 0 Å². The first-order chi connectivity index (χ1) is 4.06. The molecule has 0 fully saturated rings. The lowest BCUT2D eigenvalue weighted by atomic mass is 10.1. The van der Waals surface area contributed by atoms with Gasteiger partial charge >= 0.3 is 0 Å². The molecule has 0 saturated heterocycles. The molecule has 0 spiro atoms. The molecule has 0 aromatic heterocycles. The van der Waals surface area contributed by atoms with E-state index < -0.39 is 0 Å². The zero-order valence-corrected chi connectivity index (χ0v) is 6.73. The van der Waals surface area contributed by atoms with Crippen LogP contribution in [0, 0.1) is 0 Å². The molecular formula is C8H15N. The Morgan fingerprint density at radius 2 is 2.00 bits per heavy atom. The molecule has 0 amide bonds. The Balaban J connectivity index is 3.84. The highest BCUT2D eigenvalue weighted by Gasteiger charge is 2.03. The second kappa shape index (κ2) is 3.47. The summed E-state index contributed by atoms with van der Waals surface area (Å²) in [7, 11) is 0. The predicted octanol–water partition coefficient (Wildman–Crippen LogP) is 2.42. The van der Waals surface area contributed by atoms with Gasteiger partial charge in [0.15, 0.2) is 0 Å². The van der Waals surface area contributed by atoms with Crippen molar-refractivity contribution in [2.45, 2.75) is 39.7 Å². The van der Waals surface area contributed by atoms with Crippen LogP contribution in [0.15, 0.2) is 11.1 Å². The van der Waals surface area contributed by atoms with Crippen LogP contribution < -0.4 is 0 Å². The Labute approximate surface area is 57.5 Å². The van der Waals surface area contributed by atoms with Crippen LogP contribution in [0.1, 0.15) is 34.1 Å². The van der Waals surface area contributed by atoms with Crippen molar-refractivity contribution >= 4 is 5.87 Å². The van der Waals surface area contributed by atoms with E-state index in [1.54, 1.807) is 0 Å². The van der Waals surface area contributed by atoms with Crippen molar-refractivity contribution in [1.29, 1.82) is 0 Å². The quantitative estimate of drug-likeness (QED) is 0.477. The summed E-state index contributed by atoms with van der Waals surface area (Å²) < 4.78 is 0. The van der Waals surface area contributed by atoms with Gasteiger partial charge in [0.1, 0.15) is 0 Å². The van der Waals surface area contributed by atoms with Crippen LogP contribution in [0.4, 0.5) is 0 Å². The van der Waals surface area contributed by atoms with Crippen LogP contribution in [-0.4, -0.2) is 11.4 Å². The minimum Gasteiger partial charge on any atom is -0.238 e. The summed E-state index contributed by atoms with van der Waals surface area (Å²) in [5.41, 5.74) is 0.0334. The van der Waals surface area contributed by atoms with E-state index >= 15 is 0 Å². The van der Waals surface area contributed by atoms with E-state index in [1.165, 1.54) is 0 Å². The molecule has 1 heteroatoms. The fourth-order valence-corrected chi connectivity index (χ4v) is 0.331. The highest BCUT2D eigenvalue weighted by molar-refractivity contribution is 5.51. The van der Waals surface area contributed by atoms with Crippen molar-refractivity contribution in [3.63, 3.8) is 0 Å². The van der Waals surface area contributed by atoms with Crippen molar-refractivity contribution in [3.05, 3.63) is 6.08 Å². The summed E-state index contributed by atoms with van der Waals surface area (Å²) in [6, 6.07) is 0. The Morgan fingerprint density at radius 3 is 2.33 bits per heavy atom. The summed E-state index contributed by atoms with van der Waals surface area (Å²) >= 11 is 0. The van der Waals surface area contributed by atoms with Gasteiger partial charge in [-0.2, -0.15) is 0 Å². The molecule has 0 aliphatic rings. The van der Waals surface area contributed by atoms with Gasteiger partial charge in [-0.05, 0) is 39.1 Å². The Kier molecular flexibility index (Phi) is 3.26. The first-order valence-corrected chi connectivity index (χ1v) is 3.35. The summed E-state index contributed by atoms with van der Waals surface area (Å²) in [6.45, 7) is 8.25. The zero-order valence-electron chi connectivity index (χ0n) is 6.73. The first-order valence-electron chi connectivity index (χ1n) is 3.35. The molecule has 1 nitrogen and oxygen atoms in total. The van der Waals surface area contributed by atoms with Gasteiger partial charge in [0.2, 0.25) is 0 Å². The van der Waals surface area contributed by atoms with E-state index in [0.29, 0.717) is 0 Å². The molecule has 0 radical (unpaired) electrons. The number of allylic oxidation sites excluding steroid dienone is 1. The minimum absolute atomic E-state index is 0.0334. The molecule has 0 atom stereocenters. The molecule has 52 valence electrons. The van der Waals surface area contributed by atoms with Gasteiger partial charge in [-0.25, -0.2) is 4.99 Å². The van der Waals surface area contributed by atoms with E-state index in [-0.39, 0.29) is 5.54 Å². The Hall–Kier alpha value is -0.550. The van der Waals surface area contributed by atoms with Crippen LogP contribution >= 0.6 is 0 Å². The molecule has 0 aliphatic heterocycles. The van der Waals surface area contributed by atoms with E-state index in [2.05, 4.69) is 38.6 Å². The second-order valence-electron chi connectivity index (χ2n) is 3.02. The van der Waals surface area contributed by atoms with Crippen LogP contribution in [0.25, 0.3) is 0 Å². The fourth-order valence-electron chi connectivity index (χ4n) is 0.331. The van der Waals surface area contributed by atoms with Crippen LogP contribution in [0.3, 0.4) is 0 Å². The van der Waals surface area contributed by atoms with Gasteiger partial charge in [-0.15, -0.1) is 0 Å². The lowest BCUT2D eigenvalue weighted by Gasteiger charge is -2.07. The third kappa shape index (κ3) is 7.45. The van der Waals surface area contributed by atoms with Gasteiger partial charge in [0, 0.05) is 0 Å². The van der Waals surface area contributed by atoms with E-state index in [0.717, 1.165) is 6.42 Å². The average Bonchev–Trinajstić information content (AvgIpc) is 1.63. The van der Waals surface area contributed by atoms with Crippen molar-refractivity contribution in [1.82, 2.24) is 0 Å². The molecule has 0 bridgehead atoms. The smallest absolute Gasteiger partial charge is 0.0617 e. The molecule has 0 N–H and O–H groups in total. The third-order valence-electron chi connectivity index (χ3n) is 0.695. The van der Waals surface area contributed by atoms with Crippen molar-refractivity contribution in [3.8, 4) is 0 Å². The van der Waals surface area contributed by atoms with E-state index in [4.69, 9.17) is 0 Å². The summed E-state index contributed by atoms with van der Waals surface area (Å²) in [5.74, 6) is 2.88. The van der Waals surface area contributed by atoms with Gasteiger partial charge in [-0.1, -0.05) is 6.92 Å². The molecule has 0 aromatic rings. The number of rotatable bonds is 1. The molecule has 0 rings (SSSR count). The van der Waals surface area contributed by atoms with Gasteiger partial charge in [-0.3, -0.25) is 0 Å². The fraction of sp³-hybridized carbons (Fsp3) is 0.750. The largest absolute Gasteiger partial charge is 0.238 e. The monoisotopic (exact) mass is 125 g/mol. The van der Waals surface area contributed by atoms with Gasteiger partial charge in [0.05, 0.1) is 5.54 Å². The highest BCUT2D eigenvalue weighted by Crippen LogP contribution is 2.03. The zero-order chi connectivity index (χ0) is 7.33. The third-order valence-corrected chi connectivity index (χ3v) is 0.695. The summed E-state index contributed by atoms with van der Waals surface area (Å²) in [4.78, 5) is 4.14. The van der Waals surface area contributed by atoms with Crippen molar-refractivity contribution < 1.29 is 0 Å².